The molecule has 0 aliphatic carbocycles. The highest BCUT2D eigenvalue weighted by Crippen LogP contribution is 2.31. The second-order valence-electron chi connectivity index (χ2n) is 4.77. The van der Waals surface area contributed by atoms with Gasteiger partial charge in [0.2, 0.25) is 10.0 Å². The summed E-state index contributed by atoms with van der Waals surface area (Å²) in [6, 6.07) is 8.08. The second kappa shape index (κ2) is 7.08. The molecule has 1 heterocycles. The minimum Gasteiger partial charge on any atom is -0.222 e. The van der Waals surface area contributed by atoms with E-state index in [-0.39, 0.29) is 16.5 Å². The third kappa shape index (κ3) is 4.37. The standard InChI is InChI=1S/C14H16FNO4S3/c1-2-22(17,18)16-10-13(11-5-7-12(15)8-6-11)23(19,20)14-4-3-9-21-14/h3-9,13,16H,2,10H2,1H3. The van der Waals surface area contributed by atoms with Crippen LogP contribution in [0.5, 0.6) is 0 Å². The Morgan fingerprint density at radius 3 is 2.30 bits per heavy atom. The zero-order valence-corrected chi connectivity index (χ0v) is 14.7. The fourth-order valence-corrected chi connectivity index (χ4v) is 5.55. The summed E-state index contributed by atoms with van der Waals surface area (Å²) in [7, 11) is -7.33. The predicted molar refractivity (Wildman–Crippen MR) is 88.1 cm³/mol. The van der Waals surface area contributed by atoms with Crippen molar-refractivity contribution in [1.82, 2.24) is 4.72 Å². The van der Waals surface area contributed by atoms with Crippen LogP contribution in [0.1, 0.15) is 17.7 Å². The summed E-state index contributed by atoms with van der Waals surface area (Å²) < 4.78 is 64.3. The quantitative estimate of drug-likeness (QED) is 0.803. The average molecular weight is 377 g/mol. The van der Waals surface area contributed by atoms with Gasteiger partial charge in [-0.3, -0.25) is 0 Å². The molecule has 23 heavy (non-hydrogen) atoms. The molecule has 5 nitrogen and oxygen atoms in total. The van der Waals surface area contributed by atoms with Gasteiger partial charge in [0.25, 0.3) is 0 Å². The SMILES string of the molecule is CCS(=O)(=O)NCC(c1ccc(F)cc1)S(=O)(=O)c1cccs1. The Hall–Kier alpha value is -1.29. The molecule has 0 aliphatic heterocycles. The molecule has 0 bridgehead atoms. The Balaban J connectivity index is 2.41. The molecule has 2 aromatic rings. The minimum absolute atomic E-state index is 0.141. The van der Waals surface area contributed by atoms with Crippen molar-refractivity contribution in [2.24, 2.45) is 0 Å². The summed E-state index contributed by atoms with van der Waals surface area (Å²) >= 11 is 1.06. The third-order valence-corrected chi connectivity index (χ3v) is 8.16. The van der Waals surface area contributed by atoms with Crippen molar-refractivity contribution in [2.45, 2.75) is 16.4 Å². The summed E-state index contributed by atoms with van der Waals surface area (Å²) in [6.07, 6.45) is 0. The van der Waals surface area contributed by atoms with Gasteiger partial charge in [-0.15, -0.1) is 11.3 Å². The van der Waals surface area contributed by atoms with E-state index in [1.165, 1.54) is 25.1 Å². The Labute approximate surface area is 139 Å². The maximum absolute atomic E-state index is 13.1. The molecule has 0 saturated heterocycles. The first-order valence-electron chi connectivity index (χ1n) is 6.76. The fraction of sp³-hybridized carbons (Fsp3) is 0.286. The normalized spacial score (nSPS) is 13.8. The van der Waals surface area contributed by atoms with E-state index in [1.54, 1.807) is 11.4 Å². The van der Waals surface area contributed by atoms with Crippen LogP contribution < -0.4 is 4.72 Å². The molecular weight excluding hydrogens is 361 g/mol. The molecule has 9 heteroatoms. The van der Waals surface area contributed by atoms with Crippen molar-refractivity contribution in [3.8, 4) is 0 Å². The molecule has 0 fully saturated rings. The molecule has 1 atom stereocenters. The van der Waals surface area contributed by atoms with Crippen molar-refractivity contribution < 1.29 is 21.2 Å². The zero-order valence-electron chi connectivity index (χ0n) is 12.3. The van der Waals surface area contributed by atoms with Crippen LogP contribution in [0, 0.1) is 5.82 Å². The van der Waals surface area contributed by atoms with Crippen molar-refractivity contribution >= 4 is 31.2 Å². The van der Waals surface area contributed by atoms with Crippen LogP contribution in [0.25, 0.3) is 0 Å². The van der Waals surface area contributed by atoms with Gasteiger partial charge in [0.15, 0.2) is 9.84 Å². The largest absolute Gasteiger partial charge is 0.222 e. The highest BCUT2D eigenvalue weighted by molar-refractivity contribution is 7.93. The highest BCUT2D eigenvalue weighted by Gasteiger charge is 2.31. The average Bonchev–Trinajstić information content (AvgIpc) is 3.04. The Kier molecular flexibility index (Phi) is 5.56. The first-order chi connectivity index (χ1) is 10.8. The van der Waals surface area contributed by atoms with E-state index in [2.05, 4.69) is 4.72 Å². The van der Waals surface area contributed by atoms with Gasteiger partial charge in [-0.1, -0.05) is 18.2 Å². The van der Waals surface area contributed by atoms with Crippen LogP contribution in [0.15, 0.2) is 46.0 Å². The molecule has 0 saturated carbocycles. The van der Waals surface area contributed by atoms with Gasteiger partial charge in [-0.05, 0) is 36.1 Å². The Bertz CT molecular complexity index is 844. The van der Waals surface area contributed by atoms with Crippen LogP contribution in [-0.2, 0) is 19.9 Å². The van der Waals surface area contributed by atoms with E-state index >= 15 is 0 Å². The maximum atomic E-state index is 13.1. The van der Waals surface area contributed by atoms with Crippen LogP contribution in [0.4, 0.5) is 4.39 Å². The van der Waals surface area contributed by atoms with E-state index in [4.69, 9.17) is 0 Å². The maximum Gasteiger partial charge on any atom is 0.211 e. The van der Waals surface area contributed by atoms with Crippen molar-refractivity contribution in [3.05, 3.63) is 53.2 Å². The zero-order chi connectivity index (χ0) is 17.1. The third-order valence-electron chi connectivity index (χ3n) is 3.26. The summed E-state index contributed by atoms with van der Waals surface area (Å²) in [5.41, 5.74) is 0.332. The van der Waals surface area contributed by atoms with Crippen LogP contribution in [0.3, 0.4) is 0 Å². The van der Waals surface area contributed by atoms with Gasteiger partial charge >= 0.3 is 0 Å². The molecule has 1 N–H and O–H groups in total. The number of sulfonamides is 1. The van der Waals surface area contributed by atoms with Crippen molar-refractivity contribution in [3.63, 3.8) is 0 Å². The number of sulfone groups is 1. The smallest absolute Gasteiger partial charge is 0.211 e. The Morgan fingerprint density at radius 2 is 1.78 bits per heavy atom. The van der Waals surface area contributed by atoms with Gasteiger partial charge < -0.3 is 0 Å². The van der Waals surface area contributed by atoms with E-state index in [1.807, 2.05) is 0 Å². The van der Waals surface area contributed by atoms with Gasteiger partial charge in [-0.2, -0.15) is 0 Å². The lowest BCUT2D eigenvalue weighted by atomic mass is 10.1. The lowest BCUT2D eigenvalue weighted by Gasteiger charge is -2.18. The molecule has 0 amide bonds. The number of benzene rings is 1. The molecular formula is C14H16FNO4S3. The number of hydrogen-bond acceptors (Lipinski definition) is 5. The lowest BCUT2D eigenvalue weighted by molar-refractivity contribution is 0.570. The molecule has 126 valence electrons. The van der Waals surface area contributed by atoms with Crippen LogP contribution in [-0.4, -0.2) is 29.1 Å². The number of hydrogen-bond donors (Lipinski definition) is 1. The number of thiophene rings is 1. The second-order valence-corrected chi connectivity index (χ2v) is 10.2. The van der Waals surface area contributed by atoms with Crippen molar-refractivity contribution in [1.29, 1.82) is 0 Å². The molecule has 0 radical (unpaired) electrons. The number of nitrogens with one attached hydrogen (secondary N) is 1. The molecule has 0 spiro atoms. The predicted octanol–water partition coefficient (Wildman–Crippen LogP) is 2.34. The molecule has 2 rings (SSSR count). The van der Waals surface area contributed by atoms with Gasteiger partial charge in [0, 0.05) is 6.54 Å². The minimum atomic E-state index is -3.79. The van der Waals surface area contributed by atoms with E-state index in [9.17, 15) is 21.2 Å². The lowest BCUT2D eigenvalue weighted by Crippen LogP contribution is -2.32. The molecule has 1 aromatic heterocycles. The molecule has 1 unspecified atom stereocenters. The van der Waals surface area contributed by atoms with Gasteiger partial charge in [0.05, 0.1) is 5.75 Å². The fourth-order valence-electron chi connectivity index (χ4n) is 1.95. The van der Waals surface area contributed by atoms with E-state index in [0.717, 1.165) is 23.5 Å². The first-order valence-corrected chi connectivity index (χ1v) is 10.8. The number of halogens is 1. The highest BCUT2D eigenvalue weighted by atomic mass is 32.2. The topological polar surface area (TPSA) is 80.3 Å². The number of rotatable bonds is 7. The summed E-state index contributed by atoms with van der Waals surface area (Å²) in [4.78, 5) is 0. The van der Waals surface area contributed by atoms with Gasteiger partial charge in [0.1, 0.15) is 15.3 Å². The van der Waals surface area contributed by atoms with E-state index < -0.39 is 30.9 Å². The monoisotopic (exact) mass is 377 g/mol. The molecule has 0 aliphatic rings. The summed E-state index contributed by atoms with van der Waals surface area (Å²) in [5, 5.41) is 0.508. The molecule has 1 aromatic carbocycles. The van der Waals surface area contributed by atoms with Crippen molar-refractivity contribution in [2.75, 3.05) is 12.3 Å². The summed E-state index contributed by atoms with van der Waals surface area (Å²) in [5.74, 6) is -0.641. The Morgan fingerprint density at radius 1 is 1.13 bits per heavy atom. The first kappa shape index (κ1) is 18.1. The van der Waals surface area contributed by atoms with Crippen LogP contribution >= 0.6 is 11.3 Å². The van der Waals surface area contributed by atoms with Crippen LogP contribution in [0.2, 0.25) is 0 Å². The van der Waals surface area contributed by atoms with E-state index in [0.29, 0.717) is 5.56 Å². The van der Waals surface area contributed by atoms with Gasteiger partial charge in [-0.25, -0.2) is 25.9 Å². The summed E-state index contributed by atoms with van der Waals surface area (Å²) in [6.45, 7) is 1.16.